The van der Waals surface area contributed by atoms with Gasteiger partial charge in [-0.25, -0.2) is 4.79 Å². The van der Waals surface area contributed by atoms with Crippen molar-refractivity contribution in [1.29, 1.82) is 0 Å². The summed E-state index contributed by atoms with van der Waals surface area (Å²) in [6, 6.07) is 5.30. The minimum Gasteiger partial charge on any atom is -0.483 e. The Bertz CT molecular complexity index is 530. The van der Waals surface area contributed by atoms with E-state index < -0.39 is 30.4 Å². The van der Waals surface area contributed by atoms with E-state index in [-0.39, 0.29) is 11.3 Å². The Morgan fingerprint density at radius 1 is 1.33 bits per heavy atom. The van der Waals surface area contributed by atoms with Gasteiger partial charge in [-0.1, -0.05) is 25.5 Å². The summed E-state index contributed by atoms with van der Waals surface area (Å²) in [5.41, 5.74) is 5.34. The Kier molecular flexibility index (Phi) is 6.19. The lowest BCUT2D eigenvalue weighted by Crippen LogP contribution is -2.42. The lowest BCUT2D eigenvalue weighted by molar-refractivity contribution is -0.142. The number of rotatable bonds is 8. The average Bonchev–Trinajstić information content (AvgIpc) is 2.44. The minimum atomic E-state index is -1.09. The lowest BCUT2D eigenvalue weighted by atomic mass is 10.1. The quantitative estimate of drug-likeness (QED) is 0.646. The number of ether oxygens (including phenoxy) is 1. The number of carbonyl (C=O) groups excluding carboxylic acids is 2. The molecule has 0 aliphatic heterocycles. The second kappa shape index (κ2) is 7.88. The van der Waals surface area contributed by atoms with E-state index >= 15 is 0 Å². The fraction of sp³-hybridized carbons (Fsp3) is 0.357. The summed E-state index contributed by atoms with van der Waals surface area (Å²) in [7, 11) is 0. The molecule has 0 aliphatic rings. The number of carbonyl (C=O) groups is 3. The monoisotopic (exact) mass is 294 g/mol. The third-order valence-electron chi connectivity index (χ3n) is 2.72. The van der Waals surface area contributed by atoms with Crippen LogP contribution in [0.2, 0.25) is 0 Å². The number of aliphatic carboxylic acids is 1. The minimum absolute atomic E-state index is 0.161. The molecule has 4 N–H and O–H groups in total. The number of benzene rings is 1. The number of carboxylic acid groups (broad SMARTS) is 1. The number of carboxylic acids is 1. The predicted octanol–water partition coefficient (Wildman–Crippen LogP) is 0.534. The second-order valence-corrected chi connectivity index (χ2v) is 4.40. The Morgan fingerprint density at radius 2 is 2.00 bits per heavy atom. The molecule has 0 aliphatic carbocycles. The van der Waals surface area contributed by atoms with E-state index in [1.165, 1.54) is 12.1 Å². The molecule has 1 aromatic carbocycles. The number of hydrogen-bond donors (Lipinski definition) is 3. The van der Waals surface area contributed by atoms with E-state index in [0.717, 1.165) is 0 Å². The summed E-state index contributed by atoms with van der Waals surface area (Å²) in [6.45, 7) is 1.43. The molecule has 114 valence electrons. The van der Waals surface area contributed by atoms with Crippen molar-refractivity contribution in [1.82, 2.24) is 5.32 Å². The fourth-order valence-corrected chi connectivity index (χ4v) is 1.72. The van der Waals surface area contributed by atoms with Gasteiger partial charge in [0.15, 0.2) is 6.61 Å². The van der Waals surface area contributed by atoms with Crippen LogP contribution in [0.3, 0.4) is 0 Å². The molecule has 0 heterocycles. The van der Waals surface area contributed by atoms with Crippen LogP contribution in [0.1, 0.15) is 30.1 Å². The zero-order chi connectivity index (χ0) is 15.8. The van der Waals surface area contributed by atoms with Crippen molar-refractivity contribution in [3.8, 4) is 5.75 Å². The number of nitrogens with two attached hydrogens (primary N) is 1. The average molecular weight is 294 g/mol. The summed E-state index contributed by atoms with van der Waals surface area (Å²) >= 11 is 0. The second-order valence-electron chi connectivity index (χ2n) is 4.40. The van der Waals surface area contributed by atoms with E-state index in [4.69, 9.17) is 15.6 Å². The van der Waals surface area contributed by atoms with E-state index in [9.17, 15) is 14.4 Å². The molecule has 0 aromatic heterocycles. The van der Waals surface area contributed by atoms with Gasteiger partial charge >= 0.3 is 5.97 Å². The van der Waals surface area contributed by atoms with Crippen molar-refractivity contribution in [2.75, 3.05) is 6.61 Å². The van der Waals surface area contributed by atoms with Crippen molar-refractivity contribution in [3.63, 3.8) is 0 Å². The number of nitrogens with one attached hydrogen (secondary N) is 1. The number of amides is 2. The van der Waals surface area contributed by atoms with Gasteiger partial charge in [0, 0.05) is 0 Å². The molecule has 0 spiro atoms. The van der Waals surface area contributed by atoms with Crippen molar-refractivity contribution in [2.24, 2.45) is 5.73 Å². The van der Waals surface area contributed by atoms with E-state index in [2.05, 4.69) is 5.32 Å². The van der Waals surface area contributed by atoms with Gasteiger partial charge in [0.2, 0.25) is 0 Å². The maximum absolute atomic E-state index is 11.7. The first-order chi connectivity index (χ1) is 9.95. The van der Waals surface area contributed by atoms with Gasteiger partial charge in [-0.15, -0.1) is 0 Å². The van der Waals surface area contributed by atoms with Crippen molar-refractivity contribution < 1.29 is 24.2 Å². The summed E-state index contributed by atoms with van der Waals surface area (Å²) in [4.78, 5) is 33.8. The van der Waals surface area contributed by atoms with Crippen molar-refractivity contribution in [2.45, 2.75) is 25.8 Å². The van der Waals surface area contributed by atoms with Crippen LogP contribution in [0.15, 0.2) is 24.3 Å². The summed E-state index contributed by atoms with van der Waals surface area (Å²) < 4.78 is 5.21. The van der Waals surface area contributed by atoms with Gasteiger partial charge in [-0.2, -0.15) is 0 Å². The van der Waals surface area contributed by atoms with Gasteiger partial charge in [-0.05, 0) is 18.6 Å². The molecule has 0 radical (unpaired) electrons. The first kappa shape index (κ1) is 16.5. The maximum Gasteiger partial charge on any atom is 0.326 e. The van der Waals surface area contributed by atoms with Crippen LogP contribution in [0.4, 0.5) is 0 Å². The highest BCUT2D eigenvalue weighted by Gasteiger charge is 2.19. The molecule has 2 amide bonds. The third kappa shape index (κ3) is 5.13. The molecule has 21 heavy (non-hydrogen) atoms. The zero-order valence-electron chi connectivity index (χ0n) is 11.7. The Balaban J connectivity index is 2.61. The Labute approximate surface area is 122 Å². The fourth-order valence-electron chi connectivity index (χ4n) is 1.72. The maximum atomic E-state index is 11.7. The third-order valence-corrected chi connectivity index (χ3v) is 2.72. The molecule has 7 nitrogen and oxygen atoms in total. The van der Waals surface area contributed by atoms with E-state index in [1.54, 1.807) is 12.1 Å². The van der Waals surface area contributed by atoms with Crippen LogP contribution < -0.4 is 15.8 Å². The van der Waals surface area contributed by atoms with E-state index in [1.807, 2.05) is 6.92 Å². The summed E-state index contributed by atoms with van der Waals surface area (Å²) in [5, 5.41) is 11.3. The zero-order valence-corrected chi connectivity index (χ0v) is 11.7. The molecule has 0 saturated heterocycles. The summed E-state index contributed by atoms with van der Waals surface area (Å²) in [5.74, 6) is -2.15. The van der Waals surface area contributed by atoms with Gasteiger partial charge in [0.25, 0.3) is 11.8 Å². The lowest BCUT2D eigenvalue weighted by Gasteiger charge is -2.14. The van der Waals surface area contributed by atoms with Gasteiger partial charge in [-0.3, -0.25) is 9.59 Å². The van der Waals surface area contributed by atoms with Crippen LogP contribution in [-0.4, -0.2) is 35.5 Å². The molecule has 1 rings (SSSR count). The van der Waals surface area contributed by atoms with Crippen LogP contribution in [0.5, 0.6) is 5.75 Å². The molecule has 1 atom stereocenters. The molecule has 1 aromatic rings. The normalized spacial score (nSPS) is 11.5. The molecule has 0 bridgehead atoms. The largest absolute Gasteiger partial charge is 0.483 e. The topological polar surface area (TPSA) is 119 Å². The van der Waals surface area contributed by atoms with Crippen LogP contribution in [0.25, 0.3) is 0 Å². The van der Waals surface area contributed by atoms with Gasteiger partial charge in [0.05, 0.1) is 5.56 Å². The van der Waals surface area contributed by atoms with Crippen molar-refractivity contribution >= 4 is 17.8 Å². The standard InChI is InChI=1S/C14H18N2O5/c1-2-5-10(14(19)20)16-12(17)8-21-11-7-4-3-6-9(11)13(15)18/h3-4,6-7,10H,2,5,8H2,1H3,(H2,15,18)(H,16,17)(H,19,20)/t10-/m0/s1. The number of primary amides is 1. The van der Waals surface area contributed by atoms with Crippen LogP contribution in [-0.2, 0) is 9.59 Å². The number of para-hydroxylation sites is 1. The smallest absolute Gasteiger partial charge is 0.326 e. The van der Waals surface area contributed by atoms with Crippen LogP contribution in [0, 0.1) is 0 Å². The summed E-state index contributed by atoms with van der Waals surface area (Å²) in [6.07, 6.45) is 0.960. The molecular formula is C14H18N2O5. The molecule has 7 heteroatoms. The highest BCUT2D eigenvalue weighted by atomic mass is 16.5. The van der Waals surface area contributed by atoms with Gasteiger partial charge < -0.3 is 20.9 Å². The Hall–Kier alpha value is -2.57. The molecular weight excluding hydrogens is 276 g/mol. The SMILES string of the molecule is CCC[C@H](NC(=O)COc1ccccc1C(N)=O)C(=O)O. The van der Waals surface area contributed by atoms with Crippen LogP contribution >= 0.6 is 0 Å². The molecule has 0 fully saturated rings. The predicted molar refractivity (Wildman–Crippen MR) is 74.9 cm³/mol. The Morgan fingerprint density at radius 3 is 2.57 bits per heavy atom. The highest BCUT2D eigenvalue weighted by Crippen LogP contribution is 2.16. The van der Waals surface area contributed by atoms with Crippen molar-refractivity contribution in [3.05, 3.63) is 29.8 Å². The molecule has 0 unspecified atom stereocenters. The molecule has 0 saturated carbocycles. The number of hydrogen-bond acceptors (Lipinski definition) is 4. The highest BCUT2D eigenvalue weighted by molar-refractivity contribution is 5.95. The van der Waals surface area contributed by atoms with Gasteiger partial charge in [0.1, 0.15) is 11.8 Å². The first-order valence-corrected chi connectivity index (χ1v) is 6.49. The first-order valence-electron chi connectivity index (χ1n) is 6.49. The van der Waals surface area contributed by atoms with E-state index in [0.29, 0.717) is 12.8 Å².